The molecule has 6 nitrogen and oxygen atoms in total. The molecule has 7 heteroatoms. The summed E-state index contributed by atoms with van der Waals surface area (Å²) in [5, 5.41) is 3.17. The van der Waals surface area contributed by atoms with Crippen LogP contribution in [0.25, 0.3) is 0 Å². The SMILES string of the molecule is CC(C)(C)NCc1cnc(CS(C)(=O)=O)[nH]c1=O. The molecular weight excluding hydrogens is 254 g/mol. The van der Waals surface area contributed by atoms with Crippen molar-refractivity contribution in [1.29, 1.82) is 0 Å². The van der Waals surface area contributed by atoms with Gasteiger partial charge in [-0.2, -0.15) is 0 Å². The van der Waals surface area contributed by atoms with Crippen LogP contribution in [-0.4, -0.2) is 30.2 Å². The predicted octanol–water partition coefficient (Wildman–Crippen LogP) is 0.203. The molecule has 0 saturated carbocycles. The van der Waals surface area contributed by atoms with Crippen LogP contribution in [0.2, 0.25) is 0 Å². The summed E-state index contributed by atoms with van der Waals surface area (Å²) in [6, 6.07) is 0. The second-order valence-electron chi connectivity index (χ2n) is 5.36. The Morgan fingerprint density at radius 3 is 2.44 bits per heavy atom. The zero-order chi connectivity index (χ0) is 14.0. The molecule has 0 aliphatic carbocycles. The highest BCUT2D eigenvalue weighted by Gasteiger charge is 2.12. The summed E-state index contributed by atoms with van der Waals surface area (Å²) in [6.45, 7) is 6.37. The molecule has 0 aliphatic heterocycles. The molecule has 0 amide bonds. The van der Waals surface area contributed by atoms with Gasteiger partial charge in [-0.3, -0.25) is 4.79 Å². The third kappa shape index (κ3) is 5.42. The molecule has 0 bridgehead atoms. The molecule has 0 saturated heterocycles. The molecule has 1 heterocycles. The maximum atomic E-state index is 11.7. The topological polar surface area (TPSA) is 91.9 Å². The van der Waals surface area contributed by atoms with E-state index in [1.165, 1.54) is 6.20 Å². The van der Waals surface area contributed by atoms with Crippen LogP contribution in [0.4, 0.5) is 0 Å². The zero-order valence-electron chi connectivity index (χ0n) is 11.1. The van der Waals surface area contributed by atoms with Gasteiger partial charge in [0.25, 0.3) is 5.56 Å². The highest BCUT2D eigenvalue weighted by Crippen LogP contribution is 2.01. The van der Waals surface area contributed by atoms with Gasteiger partial charge in [-0.05, 0) is 20.8 Å². The zero-order valence-corrected chi connectivity index (χ0v) is 11.9. The Kier molecular flexibility index (Phi) is 4.28. The Bertz CT molecular complexity index is 570. The van der Waals surface area contributed by atoms with Crippen LogP contribution in [0.15, 0.2) is 11.0 Å². The average molecular weight is 273 g/mol. The fourth-order valence-electron chi connectivity index (χ4n) is 1.27. The van der Waals surface area contributed by atoms with Gasteiger partial charge in [-0.15, -0.1) is 0 Å². The van der Waals surface area contributed by atoms with Gasteiger partial charge in [0.1, 0.15) is 11.6 Å². The lowest BCUT2D eigenvalue weighted by Crippen LogP contribution is -2.37. The van der Waals surface area contributed by atoms with Crippen LogP contribution in [0.5, 0.6) is 0 Å². The van der Waals surface area contributed by atoms with Gasteiger partial charge in [-0.1, -0.05) is 0 Å². The molecule has 0 radical (unpaired) electrons. The van der Waals surface area contributed by atoms with Crippen molar-refractivity contribution in [3.63, 3.8) is 0 Å². The van der Waals surface area contributed by atoms with E-state index in [0.29, 0.717) is 12.1 Å². The van der Waals surface area contributed by atoms with Gasteiger partial charge < -0.3 is 10.3 Å². The van der Waals surface area contributed by atoms with Crippen LogP contribution in [-0.2, 0) is 22.1 Å². The number of H-pyrrole nitrogens is 1. The molecule has 0 spiro atoms. The fraction of sp³-hybridized carbons (Fsp3) is 0.636. The standard InChI is InChI=1S/C11H19N3O3S/c1-11(2,3)13-6-8-5-12-9(14-10(8)15)7-18(4,16)17/h5,13H,6-7H2,1-4H3,(H,12,14,15). The maximum Gasteiger partial charge on any atom is 0.255 e. The third-order valence-electron chi connectivity index (χ3n) is 2.13. The highest BCUT2D eigenvalue weighted by atomic mass is 32.2. The van der Waals surface area contributed by atoms with Crippen molar-refractivity contribution in [1.82, 2.24) is 15.3 Å². The van der Waals surface area contributed by atoms with Gasteiger partial charge in [0.15, 0.2) is 9.84 Å². The number of aromatic nitrogens is 2. The van der Waals surface area contributed by atoms with Gasteiger partial charge in [0, 0.05) is 30.1 Å². The Balaban J connectivity index is 2.84. The molecule has 0 atom stereocenters. The summed E-state index contributed by atoms with van der Waals surface area (Å²) < 4.78 is 22.2. The maximum absolute atomic E-state index is 11.7. The van der Waals surface area contributed by atoms with Crippen molar-refractivity contribution in [2.75, 3.05) is 6.26 Å². The monoisotopic (exact) mass is 273 g/mol. The van der Waals surface area contributed by atoms with Gasteiger partial charge in [0.2, 0.25) is 0 Å². The number of sulfone groups is 1. The second kappa shape index (κ2) is 5.19. The lowest BCUT2D eigenvalue weighted by molar-refractivity contribution is 0.422. The van der Waals surface area contributed by atoms with E-state index < -0.39 is 9.84 Å². The molecule has 0 aromatic carbocycles. The molecule has 1 aromatic rings. The molecule has 0 fully saturated rings. The predicted molar refractivity (Wildman–Crippen MR) is 70.0 cm³/mol. The molecule has 18 heavy (non-hydrogen) atoms. The Morgan fingerprint density at radius 1 is 1.39 bits per heavy atom. The number of nitrogens with one attached hydrogen (secondary N) is 2. The third-order valence-corrected chi connectivity index (χ3v) is 2.93. The summed E-state index contributed by atoms with van der Waals surface area (Å²) in [5.74, 6) is -0.0862. The molecule has 2 N–H and O–H groups in total. The summed E-state index contributed by atoms with van der Waals surface area (Å²) in [4.78, 5) is 18.1. The molecule has 1 aromatic heterocycles. The number of hydrogen-bond donors (Lipinski definition) is 2. The van der Waals surface area contributed by atoms with Crippen molar-refractivity contribution < 1.29 is 8.42 Å². The van der Waals surface area contributed by atoms with Crippen LogP contribution >= 0.6 is 0 Å². The average Bonchev–Trinajstić information content (AvgIpc) is 2.12. The highest BCUT2D eigenvalue weighted by molar-refractivity contribution is 7.89. The number of hydrogen-bond acceptors (Lipinski definition) is 5. The first kappa shape index (κ1) is 14.8. The van der Waals surface area contributed by atoms with Crippen LogP contribution < -0.4 is 10.9 Å². The normalized spacial score (nSPS) is 12.7. The molecule has 102 valence electrons. The summed E-state index contributed by atoms with van der Waals surface area (Å²) >= 11 is 0. The van der Waals surface area contributed by atoms with Gasteiger partial charge in [-0.25, -0.2) is 13.4 Å². The van der Waals surface area contributed by atoms with E-state index in [1.54, 1.807) is 0 Å². The first-order valence-corrected chi connectivity index (χ1v) is 7.63. The molecule has 0 aliphatic rings. The van der Waals surface area contributed by atoms with Crippen molar-refractivity contribution in [3.8, 4) is 0 Å². The van der Waals surface area contributed by atoms with E-state index in [9.17, 15) is 13.2 Å². The van der Waals surface area contributed by atoms with Crippen molar-refractivity contribution in [2.45, 2.75) is 38.6 Å². The van der Waals surface area contributed by atoms with E-state index in [2.05, 4.69) is 15.3 Å². The van der Waals surface area contributed by atoms with Gasteiger partial charge in [0.05, 0.1) is 0 Å². The van der Waals surface area contributed by atoms with Crippen molar-refractivity contribution in [3.05, 3.63) is 27.9 Å². The first-order chi connectivity index (χ1) is 8.07. The Hall–Kier alpha value is -1.21. The first-order valence-electron chi connectivity index (χ1n) is 5.57. The fourth-order valence-corrected chi connectivity index (χ4v) is 1.91. The number of rotatable bonds is 4. The van der Waals surface area contributed by atoms with Crippen LogP contribution in [0.3, 0.4) is 0 Å². The Labute approximate surface area is 107 Å². The molecule has 0 unspecified atom stereocenters. The second-order valence-corrected chi connectivity index (χ2v) is 7.50. The minimum absolute atomic E-state index is 0.0993. The number of aromatic amines is 1. The van der Waals surface area contributed by atoms with E-state index in [1.807, 2.05) is 20.8 Å². The quantitative estimate of drug-likeness (QED) is 0.817. The smallest absolute Gasteiger partial charge is 0.255 e. The lowest BCUT2D eigenvalue weighted by atomic mass is 10.1. The minimum atomic E-state index is -3.19. The van der Waals surface area contributed by atoms with Crippen molar-refractivity contribution >= 4 is 9.84 Å². The van der Waals surface area contributed by atoms with E-state index in [0.717, 1.165) is 6.26 Å². The Morgan fingerprint density at radius 2 is 2.00 bits per heavy atom. The summed E-state index contributed by atoms with van der Waals surface area (Å²) in [7, 11) is -3.19. The van der Waals surface area contributed by atoms with Crippen LogP contribution in [0.1, 0.15) is 32.2 Å². The summed E-state index contributed by atoms with van der Waals surface area (Å²) in [5.41, 5.74) is 0.0836. The van der Waals surface area contributed by atoms with Crippen molar-refractivity contribution in [2.24, 2.45) is 0 Å². The van der Waals surface area contributed by atoms with E-state index in [-0.39, 0.29) is 22.7 Å². The largest absolute Gasteiger partial charge is 0.309 e. The minimum Gasteiger partial charge on any atom is -0.309 e. The number of nitrogens with zero attached hydrogens (tertiary/aromatic N) is 1. The lowest BCUT2D eigenvalue weighted by Gasteiger charge is -2.20. The molecular formula is C11H19N3O3S. The summed E-state index contributed by atoms with van der Waals surface area (Å²) in [6.07, 6.45) is 2.51. The van der Waals surface area contributed by atoms with Gasteiger partial charge >= 0.3 is 0 Å². The van der Waals surface area contributed by atoms with E-state index >= 15 is 0 Å². The van der Waals surface area contributed by atoms with E-state index in [4.69, 9.17) is 0 Å². The molecule has 1 rings (SSSR count). The van der Waals surface area contributed by atoms with Crippen LogP contribution in [0, 0.1) is 0 Å².